The summed E-state index contributed by atoms with van der Waals surface area (Å²) < 4.78 is 1.94. The van der Waals surface area contributed by atoms with Gasteiger partial charge in [-0.2, -0.15) is 0 Å². The van der Waals surface area contributed by atoms with Crippen molar-refractivity contribution in [3.05, 3.63) is 46.2 Å². The van der Waals surface area contributed by atoms with Crippen molar-refractivity contribution < 1.29 is 0 Å². The van der Waals surface area contributed by atoms with Gasteiger partial charge in [-0.05, 0) is 31.2 Å². The van der Waals surface area contributed by atoms with Crippen LogP contribution in [-0.2, 0) is 19.5 Å². The third-order valence-electron chi connectivity index (χ3n) is 2.82. The first kappa shape index (κ1) is 13.1. The Balaban J connectivity index is 2.23. The van der Waals surface area contributed by atoms with Crippen molar-refractivity contribution in [2.24, 2.45) is 0 Å². The van der Waals surface area contributed by atoms with Gasteiger partial charge in [-0.3, -0.25) is 0 Å². The molecule has 18 heavy (non-hydrogen) atoms. The molecule has 0 spiro atoms. The highest BCUT2D eigenvalue weighted by Gasteiger charge is 2.10. The number of rotatable bonds is 5. The minimum Gasteiger partial charge on any atom is -0.314 e. The van der Waals surface area contributed by atoms with Gasteiger partial charge in [0, 0.05) is 11.6 Å². The molecule has 1 heterocycles. The summed E-state index contributed by atoms with van der Waals surface area (Å²) in [5.74, 6) is 0. The van der Waals surface area contributed by atoms with Crippen LogP contribution in [0.4, 0.5) is 0 Å². The molecule has 0 saturated carbocycles. The zero-order valence-electron chi connectivity index (χ0n) is 10.7. The first-order chi connectivity index (χ1) is 8.74. The molecule has 2 rings (SSSR count). The number of hydrogen-bond donors (Lipinski definition) is 1. The monoisotopic (exact) mass is 264 g/mol. The van der Waals surface area contributed by atoms with Crippen LogP contribution in [0.1, 0.15) is 23.9 Å². The Hall–Kier alpha value is -1.39. The summed E-state index contributed by atoms with van der Waals surface area (Å²) in [6.45, 7) is 3.57. The van der Waals surface area contributed by atoms with Crippen molar-refractivity contribution in [1.29, 1.82) is 0 Å². The van der Waals surface area contributed by atoms with E-state index < -0.39 is 0 Å². The average molecular weight is 265 g/mol. The molecule has 0 aliphatic heterocycles. The first-order valence-corrected chi connectivity index (χ1v) is 6.42. The molecule has 5 heteroatoms. The van der Waals surface area contributed by atoms with E-state index in [4.69, 9.17) is 11.6 Å². The Morgan fingerprint density at radius 3 is 2.89 bits per heavy atom. The van der Waals surface area contributed by atoms with E-state index in [0.717, 1.165) is 29.2 Å². The number of benzene rings is 1. The van der Waals surface area contributed by atoms with E-state index in [9.17, 15) is 0 Å². The van der Waals surface area contributed by atoms with Crippen molar-refractivity contribution in [1.82, 2.24) is 20.3 Å². The van der Waals surface area contributed by atoms with Gasteiger partial charge in [0.15, 0.2) is 0 Å². The van der Waals surface area contributed by atoms with Crippen LogP contribution in [0.25, 0.3) is 0 Å². The highest BCUT2D eigenvalue weighted by atomic mass is 35.5. The fourth-order valence-corrected chi connectivity index (χ4v) is 2.21. The molecule has 0 saturated heterocycles. The van der Waals surface area contributed by atoms with Gasteiger partial charge >= 0.3 is 0 Å². The van der Waals surface area contributed by atoms with E-state index in [2.05, 4.69) is 22.6 Å². The van der Waals surface area contributed by atoms with E-state index in [1.807, 2.05) is 36.0 Å². The van der Waals surface area contributed by atoms with Gasteiger partial charge in [-0.15, -0.1) is 5.10 Å². The number of nitrogens with one attached hydrogen (secondary N) is 1. The standard InChI is InChI=1S/C13H17ClN4/c1-3-13-12(8-15-2)16-17-18(13)9-10-5-4-6-11(14)7-10/h4-7,15H,3,8-9H2,1-2H3. The summed E-state index contributed by atoms with van der Waals surface area (Å²) in [6.07, 6.45) is 0.921. The van der Waals surface area contributed by atoms with E-state index in [1.54, 1.807) is 0 Å². The van der Waals surface area contributed by atoms with Gasteiger partial charge in [0.1, 0.15) is 0 Å². The van der Waals surface area contributed by atoms with Crippen molar-refractivity contribution in [2.45, 2.75) is 26.4 Å². The topological polar surface area (TPSA) is 42.7 Å². The molecule has 0 aliphatic carbocycles. The lowest BCUT2D eigenvalue weighted by Crippen LogP contribution is -2.10. The van der Waals surface area contributed by atoms with Gasteiger partial charge in [0.05, 0.1) is 17.9 Å². The zero-order chi connectivity index (χ0) is 13.0. The van der Waals surface area contributed by atoms with E-state index in [1.165, 1.54) is 5.69 Å². The smallest absolute Gasteiger partial charge is 0.0996 e. The minimum absolute atomic E-state index is 0.709. The Labute approximate surface area is 112 Å². The predicted octanol–water partition coefficient (Wildman–Crippen LogP) is 2.26. The predicted molar refractivity (Wildman–Crippen MR) is 72.7 cm³/mol. The van der Waals surface area contributed by atoms with Gasteiger partial charge < -0.3 is 5.32 Å². The van der Waals surface area contributed by atoms with Crippen molar-refractivity contribution >= 4 is 11.6 Å². The maximum Gasteiger partial charge on any atom is 0.0996 e. The summed E-state index contributed by atoms with van der Waals surface area (Å²) in [6, 6.07) is 7.83. The lowest BCUT2D eigenvalue weighted by atomic mass is 10.2. The van der Waals surface area contributed by atoms with Crippen LogP contribution in [-0.4, -0.2) is 22.0 Å². The van der Waals surface area contributed by atoms with Crippen LogP contribution in [0, 0.1) is 0 Å². The van der Waals surface area contributed by atoms with Crippen LogP contribution < -0.4 is 5.32 Å². The summed E-state index contributed by atoms with van der Waals surface area (Å²) in [4.78, 5) is 0. The number of hydrogen-bond acceptors (Lipinski definition) is 3. The molecule has 1 N–H and O–H groups in total. The molecule has 0 bridgehead atoms. The van der Waals surface area contributed by atoms with Crippen LogP contribution in [0.2, 0.25) is 5.02 Å². The highest BCUT2D eigenvalue weighted by Crippen LogP contribution is 2.14. The molecule has 0 fully saturated rings. The van der Waals surface area contributed by atoms with E-state index >= 15 is 0 Å². The van der Waals surface area contributed by atoms with Gasteiger partial charge in [0.25, 0.3) is 0 Å². The zero-order valence-corrected chi connectivity index (χ0v) is 11.4. The number of nitrogens with zero attached hydrogens (tertiary/aromatic N) is 3. The maximum absolute atomic E-state index is 5.98. The van der Waals surface area contributed by atoms with Crippen molar-refractivity contribution in [2.75, 3.05) is 7.05 Å². The average Bonchev–Trinajstić information content (AvgIpc) is 2.72. The third-order valence-corrected chi connectivity index (χ3v) is 3.05. The molecule has 0 radical (unpaired) electrons. The lowest BCUT2D eigenvalue weighted by Gasteiger charge is -2.06. The normalized spacial score (nSPS) is 10.8. The maximum atomic E-state index is 5.98. The van der Waals surface area contributed by atoms with Crippen molar-refractivity contribution in [3.8, 4) is 0 Å². The second-order valence-electron chi connectivity index (χ2n) is 4.15. The third kappa shape index (κ3) is 2.89. The molecule has 0 unspecified atom stereocenters. The lowest BCUT2D eigenvalue weighted by molar-refractivity contribution is 0.622. The van der Waals surface area contributed by atoms with Crippen LogP contribution in [0.5, 0.6) is 0 Å². The molecule has 2 aromatic rings. The van der Waals surface area contributed by atoms with E-state index in [0.29, 0.717) is 6.54 Å². The van der Waals surface area contributed by atoms with Gasteiger partial charge in [-0.1, -0.05) is 35.9 Å². The van der Waals surface area contributed by atoms with Crippen molar-refractivity contribution in [3.63, 3.8) is 0 Å². The Bertz CT molecular complexity index is 521. The SMILES string of the molecule is CCc1c(CNC)nnn1Cc1cccc(Cl)c1. The van der Waals surface area contributed by atoms with Crippen LogP contribution in [0.3, 0.4) is 0 Å². The second kappa shape index (κ2) is 5.98. The molecule has 0 aliphatic rings. The minimum atomic E-state index is 0.709. The summed E-state index contributed by atoms with van der Waals surface area (Å²) in [5, 5.41) is 12.3. The van der Waals surface area contributed by atoms with Crippen LogP contribution >= 0.6 is 11.6 Å². The summed E-state index contributed by atoms with van der Waals surface area (Å²) >= 11 is 5.98. The molecule has 4 nitrogen and oxygen atoms in total. The quantitative estimate of drug-likeness (QED) is 0.901. The van der Waals surface area contributed by atoms with E-state index in [-0.39, 0.29) is 0 Å². The molecular weight excluding hydrogens is 248 g/mol. The highest BCUT2D eigenvalue weighted by molar-refractivity contribution is 6.30. The number of aromatic nitrogens is 3. The molecular formula is C13H17ClN4. The van der Waals surface area contributed by atoms with Crippen LogP contribution in [0.15, 0.2) is 24.3 Å². The largest absolute Gasteiger partial charge is 0.314 e. The Morgan fingerprint density at radius 2 is 2.22 bits per heavy atom. The summed E-state index contributed by atoms with van der Waals surface area (Å²) in [7, 11) is 1.91. The molecule has 0 amide bonds. The molecule has 1 aromatic carbocycles. The molecule has 0 atom stereocenters. The Morgan fingerprint density at radius 1 is 1.39 bits per heavy atom. The Kier molecular flexibility index (Phi) is 4.33. The first-order valence-electron chi connectivity index (χ1n) is 6.05. The number of halogens is 1. The fourth-order valence-electron chi connectivity index (χ4n) is 2.00. The summed E-state index contributed by atoms with van der Waals surface area (Å²) in [5.41, 5.74) is 3.32. The second-order valence-corrected chi connectivity index (χ2v) is 4.59. The fraction of sp³-hybridized carbons (Fsp3) is 0.385. The molecule has 1 aromatic heterocycles. The van der Waals surface area contributed by atoms with Gasteiger partial charge in [0.2, 0.25) is 0 Å². The van der Waals surface area contributed by atoms with Gasteiger partial charge in [-0.25, -0.2) is 4.68 Å². The molecule has 96 valence electrons.